The molecule has 1 aromatic heterocycles. The first-order valence-corrected chi connectivity index (χ1v) is 11.9. The summed E-state index contributed by atoms with van der Waals surface area (Å²) < 4.78 is 0. The average molecular weight is 498 g/mol. The van der Waals surface area contributed by atoms with Crippen LogP contribution >= 0.6 is 11.6 Å². The largest absolute Gasteiger partial charge is 0.396 e. The minimum atomic E-state index is -0.683. The number of carbonyl (C=O) groups is 3. The summed E-state index contributed by atoms with van der Waals surface area (Å²) in [6.07, 6.45) is 4.09. The number of likely N-dealkylation sites (tertiary alicyclic amines) is 1. The van der Waals surface area contributed by atoms with Crippen LogP contribution in [-0.2, 0) is 14.4 Å². The van der Waals surface area contributed by atoms with Crippen LogP contribution in [0.25, 0.3) is 0 Å². The molecule has 184 valence electrons. The molecule has 1 aliphatic carbocycles. The molecule has 2 amide bonds. The van der Waals surface area contributed by atoms with Crippen LogP contribution in [-0.4, -0.2) is 70.1 Å². The lowest BCUT2D eigenvalue weighted by Crippen LogP contribution is -2.48. The van der Waals surface area contributed by atoms with Gasteiger partial charge in [-0.2, -0.15) is 0 Å². The number of Topliss-reactive ketones (excluding diaryl/α,β-unsaturated/α-hetero) is 1. The fourth-order valence-corrected chi connectivity index (χ4v) is 4.82. The number of hydrogen-bond acceptors (Lipinski definition) is 7. The Kier molecular flexibility index (Phi) is 7.47. The molecule has 2 aliphatic rings. The molecule has 2 aromatic rings. The highest BCUT2D eigenvalue weighted by Crippen LogP contribution is 2.43. The zero-order valence-corrected chi connectivity index (χ0v) is 20.1. The van der Waals surface area contributed by atoms with Crippen molar-refractivity contribution in [2.75, 3.05) is 25.0 Å². The van der Waals surface area contributed by atoms with E-state index < -0.39 is 11.8 Å². The molecule has 2 fully saturated rings. The number of anilines is 1. The van der Waals surface area contributed by atoms with Crippen molar-refractivity contribution < 1.29 is 19.5 Å². The van der Waals surface area contributed by atoms with Gasteiger partial charge in [0.1, 0.15) is 11.8 Å². The normalized spacial score (nSPS) is 23.0. The molecule has 2 heterocycles. The van der Waals surface area contributed by atoms with Crippen molar-refractivity contribution in [3.8, 4) is 0 Å². The molecule has 0 radical (unpaired) electrons. The molecule has 1 saturated heterocycles. The number of ketones is 1. The van der Waals surface area contributed by atoms with Crippen LogP contribution in [0.3, 0.4) is 0 Å². The Hall–Kier alpha value is -3.30. The zero-order chi connectivity index (χ0) is 25.1. The van der Waals surface area contributed by atoms with Crippen LogP contribution in [0.5, 0.6) is 0 Å². The van der Waals surface area contributed by atoms with Gasteiger partial charge in [0, 0.05) is 54.7 Å². The molecule has 35 heavy (non-hydrogen) atoms. The monoisotopic (exact) mass is 497 g/mol. The Bertz CT molecular complexity index is 1160. The maximum absolute atomic E-state index is 13.1. The lowest BCUT2D eigenvalue weighted by Gasteiger charge is -2.24. The number of amides is 2. The molecule has 1 aromatic carbocycles. The van der Waals surface area contributed by atoms with Crippen LogP contribution in [0.1, 0.15) is 36.8 Å². The predicted molar refractivity (Wildman–Crippen MR) is 132 cm³/mol. The van der Waals surface area contributed by atoms with Gasteiger partial charge in [-0.15, -0.1) is 0 Å². The first-order chi connectivity index (χ1) is 16.8. The van der Waals surface area contributed by atoms with Gasteiger partial charge in [0.2, 0.25) is 11.8 Å². The van der Waals surface area contributed by atoms with E-state index in [4.69, 9.17) is 17.0 Å². The number of rotatable bonds is 9. The molecule has 9 nitrogen and oxygen atoms in total. The zero-order valence-electron chi connectivity index (χ0n) is 19.3. The first kappa shape index (κ1) is 24.8. The molecule has 4 rings (SSSR count). The SMILES string of the molecule is CC(=O)C(=N)c1ccncc1NCC(=O)N1CC(CO)CC1C(=O)NC1CC1c1ccccc1Cl. The van der Waals surface area contributed by atoms with Gasteiger partial charge in [0.15, 0.2) is 5.78 Å². The number of pyridine rings is 1. The van der Waals surface area contributed by atoms with Crippen LogP contribution in [0.2, 0.25) is 5.02 Å². The van der Waals surface area contributed by atoms with Crippen LogP contribution in [0.15, 0.2) is 42.7 Å². The van der Waals surface area contributed by atoms with E-state index in [0.29, 0.717) is 22.7 Å². The smallest absolute Gasteiger partial charge is 0.243 e. The second-order valence-electron chi connectivity index (χ2n) is 9.03. The van der Waals surface area contributed by atoms with Crippen molar-refractivity contribution >= 4 is 40.6 Å². The molecule has 0 bridgehead atoms. The van der Waals surface area contributed by atoms with Gasteiger partial charge in [-0.25, -0.2) is 0 Å². The van der Waals surface area contributed by atoms with Crippen molar-refractivity contribution in [2.45, 2.75) is 37.8 Å². The summed E-state index contributed by atoms with van der Waals surface area (Å²) in [6, 6.07) is 8.38. The highest BCUT2D eigenvalue weighted by atomic mass is 35.5. The molecular formula is C25H28ClN5O4. The Morgan fingerprint density at radius 3 is 2.71 bits per heavy atom. The number of aliphatic hydroxyl groups excluding tert-OH is 1. The molecule has 1 saturated carbocycles. The third-order valence-electron chi connectivity index (χ3n) is 6.56. The number of nitrogens with zero attached hydrogens (tertiary/aromatic N) is 2. The molecule has 4 unspecified atom stereocenters. The van der Waals surface area contributed by atoms with Gasteiger partial charge in [0.25, 0.3) is 0 Å². The van der Waals surface area contributed by atoms with Gasteiger partial charge in [-0.05, 0) is 30.5 Å². The van der Waals surface area contributed by atoms with Crippen molar-refractivity contribution in [1.82, 2.24) is 15.2 Å². The molecular weight excluding hydrogens is 470 g/mol. The molecule has 4 N–H and O–H groups in total. The van der Waals surface area contributed by atoms with E-state index in [0.717, 1.165) is 12.0 Å². The minimum Gasteiger partial charge on any atom is -0.396 e. The van der Waals surface area contributed by atoms with Crippen molar-refractivity contribution in [1.29, 1.82) is 5.41 Å². The number of benzene rings is 1. The second-order valence-corrected chi connectivity index (χ2v) is 9.44. The van der Waals surface area contributed by atoms with Gasteiger partial charge >= 0.3 is 0 Å². The summed E-state index contributed by atoms with van der Waals surface area (Å²) in [4.78, 5) is 43.3. The Balaban J connectivity index is 1.40. The van der Waals surface area contributed by atoms with Crippen molar-refractivity contribution in [2.24, 2.45) is 5.92 Å². The summed E-state index contributed by atoms with van der Waals surface area (Å²) in [5.74, 6) is -0.997. The molecule has 0 spiro atoms. The minimum absolute atomic E-state index is 0.0406. The number of hydrogen-bond donors (Lipinski definition) is 4. The van der Waals surface area contributed by atoms with E-state index >= 15 is 0 Å². The quantitative estimate of drug-likeness (QED) is 0.391. The van der Waals surface area contributed by atoms with E-state index in [1.165, 1.54) is 30.3 Å². The Morgan fingerprint density at radius 1 is 1.23 bits per heavy atom. The number of aliphatic hydroxyl groups is 1. The highest BCUT2D eigenvalue weighted by molar-refractivity contribution is 6.45. The van der Waals surface area contributed by atoms with E-state index in [1.54, 1.807) is 0 Å². The Labute approximate surface area is 208 Å². The third kappa shape index (κ3) is 5.52. The lowest BCUT2D eigenvalue weighted by atomic mass is 10.1. The number of aromatic nitrogens is 1. The van der Waals surface area contributed by atoms with Crippen LogP contribution in [0, 0.1) is 11.3 Å². The highest BCUT2D eigenvalue weighted by Gasteiger charge is 2.45. The summed E-state index contributed by atoms with van der Waals surface area (Å²) >= 11 is 6.29. The predicted octanol–water partition coefficient (Wildman–Crippen LogP) is 1.99. The first-order valence-electron chi connectivity index (χ1n) is 11.5. The average Bonchev–Trinajstić information content (AvgIpc) is 3.46. The van der Waals surface area contributed by atoms with E-state index in [2.05, 4.69) is 15.6 Å². The summed E-state index contributed by atoms with van der Waals surface area (Å²) in [7, 11) is 0. The Morgan fingerprint density at radius 2 is 2.00 bits per heavy atom. The van der Waals surface area contributed by atoms with Crippen LogP contribution in [0.4, 0.5) is 5.69 Å². The number of carbonyl (C=O) groups excluding carboxylic acids is 3. The molecule has 4 atom stereocenters. The molecule has 1 aliphatic heterocycles. The molecule has 10 heteroatoms. The van der Waals surface area contributed by atoms with Gasteiger partial charge in [-0.1, -0.05) is 29.8 Å². The van der Waals surface area contributed by atoms with Gasteiger partial charge < -0.3 is 20.6 Å². The van der Waals surface area contributed by atoms with E-state index in [9.17, 15) is 19.5 Å². The summed E-state index contributed by atoms with van der Waals surface area (Å²) in [6.45, 7) is 1.32. The number of halogens is 1. The standard InChI is InChI=1S/C25H28ClN5O4/c1-14(33)24(27)17-6-7-28-10-21(17)29-11-23(34)31-12-15(13-32)8-22(31)25(35)30-20-9-18(20)16-4-2-3-5-19(16)26/h2-7,10,15,18,20,22,27,29,32H,8-9,11-13H2,1H3,(H,30,35). The fourth-order valence-electron chi connectivity index (χ4n) is 4.55. The van der Waals surface area contributed by atoms with Gasteiger partial charge in [-0.3, -0.25) is 24.8 Å². The van der Waals surface area contributed by atoms with Gasteiger partial charge in [0.05, 0.1) is 18.4 Å². The topological polar surface area (TPSA) is 135 Å². The van der Waals surface area contributed by atoms with Crippen molar-refractivity contribution in [3.05, 3.63) is 58.9 Å². The maximum atomic E-state index is 13.1. The van der Waals surface area contributed by atoms with Crippen LogP contribution < -0.4 is 10.6 Å². The number of nitrogens with one attached hydrogen (secondary N) is 3. The van der Waals surface area contributed by atoms with Crippen molar-refractivity contribution in [3.63, 3.8) is 0 Å². The fraction of sp³-hybridized carbons (Fsp3) is 0.400. The summed E-state index contributed by atoms with van der Waals surface area (Å²) in [5, 5.41) is 24.3. The van der Waals surface area contributed by atoms with E-state index in [-0.39, 0.29) is 55.1 Å². The lowest BCUT2D eigenvalue weighted by molar-refractivity contribution is -0.137. The van der Waals surface area contributed by atoms with E-state index in [1.807, 2.05) is 24.3 Å². The maximum Gasteiger partial charge on any atom is 0.243 e. The summed E-state index contributed by atoms with van der Waals surface area (Å²) in [5.41, 5.74) is 1.56. The third-order valence-corrected chi connectivity index (χ3v) is 6.91. The second kappa shape index (κ2) is 10.5.